The van der Waals surface area contributed by atoms with Crippen molar-refractivity contribution in [2.75, 3.05) is 18.2 Å². The first-order chi connectivity index (χ1) is 15.9. The molecule has 0 atom stereocenters. The van der Waals surface area contributed by atoms with E-state index in [0.29, 0.717) is 10.3 Å². The van der Waals surface area contributed by atoms with Crippen LogP contribution in [0.25, 0.3) is 22.6 Å². The van der Waals surface area contributed by atoms with Gasteiger partial charge in [-0.3, -0.25) is 4.79 Å². The van der Waals surface area contributed by atoms with Gasteiger partial charge in [0, 0.05) is 23.6 Å². The minimum absolute atomic E-state index is 0.132. The number of benzene rings is 2. The Bertz CT molecular complexity index is 1270. The minimum Gasteiger partial charge on any atom is -0.497 e. The number of nitrogens with one attached hydrogen (secondary N) is 1. The molecule has 4 aromatic rings. The zero-order valence-electron chi connectivity index (χ0n) is 19.2. The maximum absolute atomic E-state index is 12.5. The molecule has 33 heavy (non-hydrogen) atoms. The van der Waals surface area contributed by atoms with E-state index in [1.54, 1.807) is 7.11 Å². The number of anilines is 1. The van der Waals surface area contributed by atoms with Gasteiger partial charge in [0.1, 0.15) is 5.75 Å². The van der Waals surface area contributed by atoms with Crippen LogP contribution in [0, 0.1) is 20.8 Å². The Morgan fingerprint density at radius 3 is 2.48 bits per heavy atom. The number of thiazole rings is 1. The first-order valence-electron chi connectivity index (χ1n) is 10.4. The van der Waals surface area contributed by atoms with E-state index in [1.165, 1.54) is 39.8 Å². The second-order valence-corrected chi connectivity index (χ2v) is 9.54. The molecular weight excluding hydrogens is 454 g/mol. The van der Waals surface area contributed by atoms with Crippen molar-refractivity contribution >= 4 is 34.1 Å². The van der Waals surface area contributed by atoms with Gasteiger partial charge in [0.2, 0.25) is 5.91 Å². The van der Waals surface area contributed by atoms with E-state index in [9.17, 15) is 4.79 Å². The van der Waals surface area contributed by atoms with Gasteiger partial charge < -0.3 is 14.6 Å². The van der Waals surface area contributed by atoms with Crippen LogP contribution in [-0.4, -0.2) is 38.5 Å². The second-order valence-electron chi connectivity index (χ2n) is 7.74. The van der Waals surface area contributed by atoms with Crippen LogP contribution in [0.1, 0.15) is 16.7 Å². The van der Waals surface area contributed by atoms with Crippen molar-refractivity contribution in [1.29, 1.82) is 0 Å². The van der Waals surface area contributed by atoms with Crippen LogP contribution in [0.15, 0.2) is 46.9 Å². The molecule has 9 heteroatoms. The number of amides is 1. The lowest BCUT2D eigenvalue weighted by atomic mass is 9.98. The summed E-state index contributed by atoms with van der Waals surface area (Å²) in [7, 11) is 3.52. The predicted molar refractivity (Wildman–Crippen MR) is 134 cm³/mol. The normalized spacial score (nSPS) is 10.9. The monoisotopic (exact) mass is 479 g/mol. The van der Waals surface area contributed by atoms with Gasteiger partial charge in [-0.1, -0.05) is 29.5 Å². The molecule has 2 heterocycles. The highest BCUT2D eigenvalue weighted by Gasteiger charge is 2.15. The Balaban J connectivity index is 1.39. The van der Waals surface area contributed by atoms with Gasteiger partial charge in [-0.25, -0.2) is 4.98 Å². The summed E-state index contributed by atoms with van der Waals surface area (Å²) in [6.07, 6.45) is 0. The van der Waals surface area contributed by atoms with Crippen molar-refractivity contribution in [3.8, 4) is 28.4 Å². The molecule has 7 nitrogen and oxygen atoms in total. The number of nitrogens with zero attached hydrogens (tertiary/aromatic N) is 4. The van der Waals surface area contributed by atoms with Crippen molar-refractivity contribution in [2.24, 2.45) is 7.05 Å². The number of methoxy groups -OCH3 is 1. The van der Waals surface area contributed by atoms with Crippen molar-refractivity contribution in [3.63, 3.8) is 0 Å². The third-order valence-electron chi connectivity index (χ3n) is 5.20. The largest absolute Gasteiger partial charge is 0.497 e. The van der Waals surface area contributed by atoms with E-state index in [4.69, 9.17) is 4.74 Å². The molecule has 1 amide bonds. The van der Waals surface area contributed by atoms with E-state index >= 15 is 0 Å². The number of hydrogen-bond acceptors (Lipinski definition) is 7. The van der Waals surface area contributed by atoms with Gasteiger partial charge in [0.25, 0.3) is 0 Å². The first kappa shape index (κ1) is 23.0. The maximum Gasteiger partial charge on any atom is 0.236 e. The molecule has 170 valence electrons. The zero-order valence-corrected chi connectivity index (χ0v) is 20.8. The fraction of sp³-hybridized carbons (Fsp3) is 0.250. The predicted octanol–water partition coefficient (Wildman–Crippen LogP) is 5.27. The number of aromatic nitrogens is 4. The molecule has 0 saturated heterocycles. The quantitative estimate of drug-likeness (QED) is 0.364. The van der Waals surface area contributed by atoms with Gasteiger partial charge in [-0.15, -0.1) is 21.5 Å². The number of carbonyl (C=O) groups excluding carboxylic acids is 1. The number of carbonyl (C=O) groups is 1. The standard InChI is InChI=1S/C24H25N5O2S2/c1-14-10-15(2)21(16(3)11-14)19-12-32-23(25-19)26-20(30)13-33-24-28-27-22(29(24)4)17-6-8-18(31-5)9-7-17/h6-12H,13H2,1-5H3,(H,25,26,30). The Hall–Kier alpha value is -3.17. The van der Waals surface area contributed by atoms with Crippen LogP contribution in [-0.2, 0) is 11.8 Å². The van der Waals surface area contributed by atoms with Crippen LogP contribution >= 0.6 is 23.1 Å². The third kappa shape index (κ3) is 5.09. The Labute approximate surface area is 201 Å². The molecule has 2 aromatic heterocycles. The molecule has 0 saturated carbocycles. The summed E-state index contributed by atoms with van der Waals surface area (Å²) in [5, 5.41) is 14.6. The van der Waals surface area contributed by atoms with Gasteiger partial charge in [-0.2, -0.15) is 0 Å². The molecule has 0 radical (unpaired) electrons. The maximum atomic E-state index is 12.5. The molecular formula is C24H25N5O2S2. The average molecular weight is 480 g/mol. The van der Waals surface area contributed by atoms with Gasteiger partial charge in [-0.05, 0) is 56.2 Å². The number of hydrogen-bond donors (Lipinski definition) is 1. The summed E-state index contributed by atoms with van der Waals surface area (Å²) in [4.78, 5) is 17.2. The Morgan fingerprint density at radius 2 is 1.82 bits per heavy atom. The summed E-state index contributed by atoms with van der Waals surface area (Å²) in [5.74, 6) is 1.60. The van der Waals surface area contributed by atoms with E-state index in [-0.39, 0.29) is 11.7 Å². The van der Waals surface area contributed by atoms with Crippen LogP contribution in [0.2, 0.25) is 0 Å². The van der Waals surface area contributed by atoms with E-state index < -0.39 is 0 Å². The lowest BCUT2D eigenvalue weighted by Gasteiger charge is -2.08. The lowest BCUT2D eigenvalue weighted by molar-refractivity contribution is -0.113. The Morgan fingerprint density at radius 1 is 1.12 bits per heavy atom. The lowest BCUT2D eigenvalue weighted by Crippen LogP contribution is -2.14. The van der Waals surface area contributed by atoms with Crippen molar-refractivity contribution < 1.29 is 9.53 Å². The highest BCUT2D eigenvalue weighted by Crippen LogP contribution is 2.31. The first-order valence-corrected chi connectivity index (χ1v) is 12.2. The number of ether oxygens (including phenoxy) is 1. The second kappa shape index (κ2) is 9.76. The number of aryl methyl sites for hydroxylation is 3. The Kier molecular flexibility index (Phi) is 6.80. The van der Waals surface area contributed by atoms with Crippen molar-refractivity contribution in [2.45, 2.75) is 25.9 Å². The third-order valence-corrected chi connectivity index (χ3v) is 6.98. The van der Waals surface area contributed by atoms with Gasteiger partial charge >= 0.3 is 0 Å². The summed E-state index contributed by atoms with van der Waals surface area (Å²) in [5.41, 5.74) is 6.53. The van der Waals surface area contributed by atoms with Crippen LogP contribution in [0.5, 0.6) is 5.75 Å². The van der Waals surface area contributed by atoms with E-state index in [2.05, 4.69) is 53.4 Å². The fourth-order valence-corrected chi connectivity index (χ4v) is 5.18. The topological polar surface area (TPSA) is 81.9 Å². The molecule has 0 aliphatic carbocycles. The number of rotatable bonds is 7. The zero-order chi connectivity index (χ0) is 23.5. The number of thioether (sulfide) groups is 1. The van der Waals surface area contributed by atoms with E-state index in [0.717, 1.165) is 28.4 Å². The molecule has 0 unspecified atom stereocenters. The van der Waals surface area contributed by atoms with Crippen molar-refractivity contribution in [1.82, 2.24) is 19.7 Å². The SMILES string of the molecule is COc1ccc(-c2nnc(SCC(=O)Nc3nc(-c4c(C)cc(C)cc4C)cs3)n2C)cc1. The molecule has 1 N–H and O–H groups in total. The van der Waals surface area contributed by atoms with Crippen molar-refractivity contribution in [3.05, 3.63) is 58.5 Å². The molecule has 0 spiro atoms. The molecule has 4 rings (SSSR count). The summed E-state index contributed by atoms with van der Waals surface area (Å²) in [6, 6.07) is 11.9. The highest BCUT2D eigenvalue weighted by atomic mass is 32.2. The summed E-state index contributed by atoms with van der Waals surface area (Å²) in [6.45, 7) is 6.26. The van der Waals surface area contributed by atoms with Gasteiger partial charge in [0.15, 0.2) is 16.1 Å². The van der Waals surface area contributed by atoms with Crippen LogP contribution in [0.3, 0.4) is 0 Å². The average Bonchev–Trinajstić information content (AvgIpc) is 3.38. The molecule has 2 aromatic carbocycles. The molecule has 0 fully saturated rings. The minimum atomic E-state index is -0.132. The highest BCUT2D eigenvalue weighted by molar-refractivity contribution is 7.99. The van der Waals surface area contributed by atoms with Crippen LogP contribution < -0.4 is 10.1 Å². The smallest absolute Gasteiger partial charge is 0.236 e. The van der Waals surface area contributed by atoms with E-state index in [1.807, 2.05) is 41.3 Å². The van der Waals surface area contributed by atoms with Crippen LogP contribution in [0.4, 0.5) is 5.13 Å². The summed E-state index contributed by atoms with van der Waals surface area (Å²) < 4.78 is 7.08. The molecule has 0 aliphatic rings. The fourth-order valence-electron chi connectivity index (χ4n) is 3.75. The van der Waals surface area contributed by atoms with Gasteiger partial charge in [0.05, 0.1) is 18.6 Å². The molecule has 0 bridgehead atoms. The molecule has 0 aliphatic heterocycles. The summed E-state index contributed by atoms with van der Waals surface area (Å²) >= 11 is 2.76.